The molecular weight excluding hydrogens is 244 g/mol. The van der Waals surface area contributed by atoms with E-state index < -0.39 is 18.1 Å². The van der Waals surface area contributed by atoms with Crippen molar-refractivity contribution in [1.82, 2.24) is 0 Å². The van der Waals surface area contributed by atoms with Crippen LogP contribution in [0.15, 0.2) is 0 Å². The van der Waals surface area contributed by atoms with Crippen LogP contribution >= 0.6 is 12.4 Å². The number of cyclic esters (lactones) is 4. The van der Waals surface area contributed by atoms with E-state index in [1.807, 2.05) is 0 Å². The first-order valence-corrected chi connectivity index (χ1v) is 4.29. The molecule has 0 aromatic rings. The van der Waals surface area contributed by atoms with Gasteiger partial charge < -0.3 is 18.9 Å². The van der Waals surface area contributed by atoms with E-state index in [2.05, 4.69) is 18.9 Å². The Hall–Kier alpha value is -1.50. The minimum Gasteiger partial charge on any atom is -0.451 e. The second kappa shape index (κ2) is 7.75. The molecule has 0 unspecified atom stereocenters. The zero-order valence-corrected chi connectivity index (χ0v) is 9.12. The molecule has 2 saturated heterocycles. The van der Waals surface area contributed by atoms with Crippen molar-refractivity contribution < 1.29 is 33.3 Å². The molecule has 0 aliphatic carbocycles. The largest absolute Gasteiger partial charge is 0.508 e. The highest BCUT2D eigenvalue weighted by atomic mass is 35.5. The Bertz CT molecular complexity index is 229. The molecule has 0 aromatic carbocycles. The molecule has 0 amide bonds. The van der Waals surface area contributed by atoms with Gasteiger partial charge in [0.15, 0.2) is 13.2 Å². The standard InChI is InChI=1S/C4H4O4.C4H6O3.ClH/c5-3-1-7-4(6)2-8-3;5-4-6-2-1-3-7-4;/h1-2H2;1-3H2;1H. The average Bonchev–Trinajstić information content (AvgIpc) is 2.25. The number of esters is 2. The molecule has 8 heteroatoms. The summed E-state index contributed by atoms with van der Waals surface area (Å²) in [4.78, 5) is 30.2. The van der Waals surface area contributed by atoms with Crippen molar-refractivity contribution in [3.8, 4) is 0 Å². The van der Waals surface area contributed by atoms with Crippen LogP contribution in [0.1, 0.15) is 6.42 Å². The van der Waals surface area contributed by atoms with Crippen molar-refractivity contribution in [1.29, 1.82) is 0 Å². The second-order valence-corrected chi connectivity index (χ2v) is 2.62. The van der Waals surface area contributed by atoms with Gasteiger partial charge in [0.25, 0.3) is 0 Å². The molecule has 7 nitrogen and oxygen atoms in total. The molecule has 0 saturated carbocycles. The number of halogens is 1. The fraction of sp³-hybridized carbons (Fsp3) is 0.625. The predicted octanol–water partition coefficient (Wildman–Crippen LogP) is 0.0515. The first-order chi connectivity index (χ1) is 7.18. The van der Waals surface area contributed by atoms with Crippen LogP contribution in [-0.2, 0) is 28.5 Å². The Morgan fingerprint density at radius 1 is 0.750 bits per heavy atom. The minimum atomic E-state index is -0.536. The van der Waals surface area contributed by atoms with Gasteiger partial charge in [-0.2, -0.15) is 0 Å². The molecule has 0 radical (unpaired) electrons. The van der Waals surface area contributed by atoms with Crippen molar-refractivity contribution in [2.24, 2.45) is 0 Å². The Balaban J connectivity index is 0.000000267. The highest BCUT2D eigenvalue weighted by Crippen LogP contribution is 1.95. The van der Waals surface area contributed by atoms with Crippen LogP contribution in [0.2, 0.25) is 0 Å². The van der Waals surface area contributed by atoms with Gasteiger partial charge in [-0.05, 0) is 0 Å². The molecule has 0 N–H and O–H groups in total. The third-order valence-electron chi connectivity index (χ3n) is 1.43. The maximum Gasteiger partial charge on any atom is 0.508 e. The van der Waals surface area contributed by atoms with Crippen molar-refractivity contribution in [2.45, 2.75) is 6.42 Å². The lowest BCUT2D eigenvalue weighted by Crippen LogP contribution is -2.27. The van der Waals surface area contributed by atoms with Crippen molar-refractivity contribution in [3.05, 3.63) is 0 Å². The number of ether oxygens (including phenoxy) is 4. The Labute approximate surface area is 97.4 Å². The fourth-order valence-corrected chi connectivity index (χ4v) is 0.774. The molecule has 92 valence electrons. The molecule has 0 bridgehead atoms. The molecule has 16 heavy (non-hydrogen) atoms. The summed E-state index contributed by atoms with van der Waals surface area (Å²) >= 11 is 0. The summed E-state index contributed by atoms with van der Waals surface area (Å²) in [6.45, 7) is 0.551. The van der Waals surface area contributed by atoms with E-state index in [9.17, 15) is 14.4 Å². The van der Waals surface area contributed by atoms with Crippen LogP contribution < -0.4 is 0 Å². The van der Waals surface area contributed by atoms with Crippen molar-refractivity contribution in [3.63, 3.8) is 0 Å². The molecule has 2 aliphatic rings. The number of carbonyl (C=O) groups is 3. The number of rotatable bonds is 0. The third kappa shape index (κ3) is 6.07. The van der Waals surface area contributed by atoms with Gasteiger partial charge >= 0.3 is 18.1 Å². The summed E-state index contributed by atoms with van der Waals surface area (Å²) in [5, 5.41) is 0. The van der Waals surface area contributed by atoms with Gasteiger partial charge in [-0.3, -0.25) is 0 Å². The van der Waals surface area contributed by atoms with E-state index in [4.69, 9.17) is 0 Å². The van der Waals surface area contributed by atoms with Crippen LogP contribution in [0.4, 0.5) is 4.79 Å². The van der Waals surface area contributed by atoms with Gasteiger partial charge in [-0.1, -0.05) is 0 Å². The Morgan fingerprint density at radius 2 is 1.19 bits per heavy atom. The summed E-state index contributed by atoms with van der Waals surface area (Å²) in [6, 6.07) is 0. The highest BCUT2D eigenvalue weighted by Gasteiger charge is 2.16. The van der Waals surface area contributed by atoms with Gasteiger partial charge in [-0.15, -0.1) is 12.4 Å². The normalized spacial score (nSPS) is 18.6. The molecule has 0 spiro atoms. The molecular formula is C8H11ClO7. The van der Waals surface area contributed by atoms with Gasteiger partial charge in [0.2, 0.25) is 0 Å². The van der Waals surface area contributed by atoms with Crippen LogP contribution in [0.3, 0.4) is 0 Å². The van der Waals surface area contributed by atoms with E-state index in [-0.39, 0.29) is 25.6 Å². The van der Waals surface area contributed by atoms with Crippen LogP contribution in [0.25, 0.3) is 0 Å². The average molecular weight is 255 g/mol. The number of hydrogen-bond donors (Lipinski definition) is 0. The second-order valence-electron chi connectivity index (χ2n) is 2.62. The molecule has 0 aromatic heterocycles. The smallest absolute Gasteiger partial charge is 0.451 e. The summed E-state index contributed by atoms with van der Waals surface area (Å²) < 4.78 is 17.4. The third-order valence-corrected chi connectivity index (χ3v) is 1.43. The first-order valence-electron chi connectivity index (χ1n) is 4.29. The Morgan fingerprint density at radius 3 is 1.44 bits per heavy atom. The lowest BCUT2D eigenvalue weighted by Gasteiger charge is -2.09. The maximum absolute atomic E-state index is 10.1. The quantitative estimate of drug-likeness (QED) is 0.446. The number of hydrogen-bond acceptors (Lipinski definition) is 7. The van der Waals surface area contributed by atoms with E-state index in [1.165, 1.54) is 0 Å². The van der Waals surface area contributed by atoms with E-state index >= 15 is 0 Å². The highest BCUT2D eigenvalue weighted by molar-refractivity contribution is 5.85. The van der Waals surface area contributed by atoms with Gasteiger partial charge in [-0.25, -0.2) is 14.4 Å². The predicted molar refractivity (Wildman–Crippen MR) is 51.1 cm³/mol. The van der Waals surface area contributed by atoms with Crippen LogP contribution in [0, 0.1) is 0 Å². The lowest BCUT2D eigenvalue weighted by atomic mass is 10.5. The summed E-state index contributed by atoms with van der Waals surface area (Å²) in [5.41, 5.74) is 0. The Kier molecular flexibility index (Phi) is 7.02. The fourth-order valence-electron chi connectivity index (χ4n) is 0.774. The maximum atomic E-state index is 10.1. The lowest BCUT2D eigenvalue weighted by molar-refractivity contribution is -0.174. The molecule has 2 aliphatic heterocycles. The summed E-state index contributed by atoms with van der Waals surface area (Å²) in [5.74, 6) is -0.964. The minimum absolute atomic E-state index is 0. The monoisotopic (exact) mass is 254 g/mol. The van der Waals surface area contributed by atoms with Crippen LogP contribution in [-0.4, -0.2) is 44.5 Å². The molecule has 2 fully saturated rings. The SMILES string of the molecule is Cl.O=C1COC(=O)CO1.O=C1OCCCO1. The first kappa shape index (κ1) is 14.5. The van der Waals surface area contributed by atoms with Gasteiger partial charge in [0.1, 0.15) is 0 Å². The molecule has 2 rings (SSSR count). The van der Waals surface area contributed by atoms with Crippen molar-refractivity contribution >= 4 is 30.5 Å². The molecule has 2 heterocycles. The van der Waals surface area contributed by atoms with Gasteiger partial charge in [0, 0.05) is 6.42 Å². The van der Waals surface area contributed by atoms with E-state index in [0.29, 0.717) is 13.2 Å². The van der Waals surface area contributed by atoms with E-state index in [1.54, 1.807) is 0 Å². The summed E-state index contributed by atoms with van der Waals surface area (Å²) in [7, 11) is 0. The zero-order chi connectivity index (χ0) is 11.1. The summed E-state index contributed by atoms with van der Waals surface area (Å²) in [6.07, 6.45) is 0.289. The van der Waals surface area contributed by atoms with E-state index in [0.717, 1.165) is 6.42 Å². The van der Waals surface area contributed by atoms with Crippen molar-refractivity contribution in [2.75, 3.05) is 26.4 Å². The molecule has 0 atom stereocenters. The van der Waals surface area contributed by atoms with Crippen LogP contribution in [0.5, 0.6) is 0 Å². The topological polar surface area (TPSA) is 88.1 Å². The number of carbonyl (C=O) groups excluding carboxylic acids is 3. The van der Waals surface area contributed by atoms with Gasteiger partial charge in [0.05, 0.1) is 13.2 Å². The zero-order valence-electron chi connectivity index (χ0n) is 8.30.